The number of amides is 2. The van der Waals surface area contributed by atoms with Crippen molar-refractivity contribution in [3.8, 4) is 11.5 Å². The molecule has 0 atom stereocenters. The lowest BCUT2D eigenvalue weighted by Crippen LogP contribution is -2.50. The van der Waals surface area contributed by atoms with Crippen LogP contribution in [0.2, 0.25) is 0 Å². The van der Waals surface area contributed by atoms with E-state index >= 15 is 0 Å². The molecule has 3 aromatic carbocycles. The molecule has 0 aliphatic carbocycles. The largest absolute Gasteiger partial charge is 0.484 e. The zero-order chi connectivity index (χ0) is 21.3. The topological polar surface area (TPSA) is 88.7 Å². The van der Waals surface area contributed by atoms with E-state index in [2.05, 4.69) is 16.2 Å². The summed E-state index contributed by atoms with van der Waals surface area (Å²) in [5, 5.41) is 4.30. The van der Waals surface area contributed by atoms with Crippen molar-refractivity contribution in [3.63, 3.8) is 0 Å². The van der Waals surface area contributed by atoms with Crippen LogP contribution >= 0.6 is 12.2 Å². The molecule has 8 heteroatoms. The molecule has 0 spiro atoms. The van der Waals surface area contributed by atoms with Gasteiger partial charge in [0.15, 0.2) is 18.3 Å². The van der Waals surface area contributed by atoms with E-state index in [1.165, 1.54) is 0 Å². The summed E-state index contributed by atoms with van der Waals surface area (Å²) in [4.78, 5) is 23.9. The maximum atomic E-state index is 12.0. The molecular weight excluding hydrogens is 402 g/mol. The molecule has 0 fully saturated rings. The lowest BCUT2D eigenvalue weighted by atomic mass is 10.1. The summed E-state index contributed by atoms with van der Waals surface area (Å²) in [6.07, 6.45) is 0. The van der Waals surface area contributed by atoms with Crippen molar-refractivity contribution in [3.05, 3.63) is 72.3 Å². The second-order valence-electron chi connectivity index (χ2n) is 6.42. The first-order valence-electron chi connectivity index (χ1n) is 9.20. The Kier molecular flexibility index (Phi) is 7.18. The number of rotatable bonds is 6. The van der Waals surface area contributed by atoms with Crippen molar-refractivity contribution in [2.75, 3.05) is 13.2 Å². The van der Waals surface area contributed by atoms with Gasteiger partial charge in [-0.15, -0.1) is 0 Å². The van der Waals surface area contributed by atoms with Gasteiger partial charge in [-0.2, -0.15) is 0 Å². The lowest BCUT2D eigenvalue weighted by Gasteiger charge is -2.12. The van der Waals surface area contributed by atoms with Crippen molar-refractivity contribution in [2.24, 2.45) is 0 Å². The van der Waals surface area contributed by atoms with Gasteiger partial charge >= 0.3 is 0 Å². The van der Waals surface area contributed by atoms with Crippen LogP contribution in [-0.4, -0.2) is 30.1 Å². The molecule has 0 aliphatic heterocycles. The fraction of sp³-hybridized carbons (Fsp3) is 0.136. The van der Waals surface area contributed by atoms with Crippen LogP contribution in [0.3, 0.4) is 0 Å². The zero-order valence-corrected chi connectivity index (χ0v) is 17.1. The van der Waals surface area contributed by atoms with Gasteiger partial charge in [-0.3, -0.25) is 25.8 Å². The average molecular weight is 423 g/mol. The first-order valence-corrected chi connectivity index (χ1v) is 9.61. The van der Waals surface area contributed by atoms with Gasteiger partial charge in [0.25, 0.3) is 11.8 Å². The van der Waals surface area contributed by atoms with Crippen molar-refractivity contribution >= 4 is 39.9 Å². The minimum absolute atomic E-state index is 0.0500. The van der Waals surface area contributed by atoms with Crippen molar-refractivity contribution < 1.29 is 19.1 Å². The predicted molar refractivity (Wildman–Crippen MR) is 118 cm³/mol. The molecule has 0 aliphatic rings. The van der Waals surface area contributed by atoms with Gasteiger partial charge in [0, 0.05) is 5.39 Å². The molecular formula is C22H21N3O4S. The molecule has 0 radical (unpaired) electrons. The number of carbonyl (C=O) groups excluding carboxylic acids is 2. The van der Waals surface area contributed by atoms with Crippen LogP contribution in [0, 0.1) is 6.92 Å². The molecule has 3 aromatic rings. The summed E-state index contributed by atoms with van der Waals surface area (Å²) in [5.41, 5.74) is 5.93. The average Bonchev–Trinajstić information content (AvgIpc) is 2.76. The SMILES string of the molecule is Cc1ccc(OCC(=O)NC(=S)NNC(=O)COc2cccc3ccccc23)cc1. The van der Waals surface area contributed by atoms with Gasteiger partial charge in [0.05, 0.1) is 0 Å². The van der Waals surface area contributed by atoms with Crippen LogP contribution in [0.1, 0.15) is 5.56 Å². The number of fused-ring (bicyclic) bond motifs is 1. The number of ether oxygens (including phenoxy) is 2. The predicted octanol–water partition coefficient (Wildman–Crippen LogP) is 2.63. The lowest BCUT2D eigenvalue weighted by molar-refractivity contribution is -0.124. The number of benzene rings is 3. The third kappa shape index (κ3) is 6.18. The van der Waals surface area contributed by atoms with Gasteiger partial charge in [0.2, 0.25) is 0 Å². The molecule has 0 saturated heterocycles. The first kappa shape index (κ1) is 21.1. The van der Waals surface area contributed by atoms with Crippen molar-refractivity contribution in [1.29, 1.82) is 0 Å². The number of hydrazine groups is 1. The number of aryl methyl sites for hydroxylation is 1. The Morgan fingerprint density at radius 3 is 2.33 bits per heavy atom. The van der Waals surface area contributed by atoms with Gasteiger partial charge in [0.1, 0.15) is 11.5 Å². The smallest absolute Gasteiger partial charge is 0.276 e. The fourth-order valence-electron chi connectivity index (χ4n) is 2.60. The number of hydrogen-bond donors (Lipinski definition) is 3. The molecule has 0 aromatic heterocycles. The monoisotopic (exact) mass is 423 g/mol. The Morgan fingerprint density at radius 2 is 1.53 bits per heavy atom. The summed E-state index contributed by atoms with van der Waals surface area (Å²) >= 11 is 4.98. The Bertz CT molecular complexity index is 1050. The van der Waals surface area contributed by atoms with Crippen LogP contribution < -0.4 is 25.6 Å². The first-order chi connectivity index (χ1) is 14.5. The summed E-state index contributed by atoms with van der Waals surface area (Å²) in [6, 6.07) is 20.7. The van der Waals surface area contributed by atoms with Crippen LogP contribution in [0.15, 0.2) is 66.7 Å². The Balaban J connectivity index is 1.38. The van der Waals surface area contributed by atoms with E-state index in [0.29, 0.717) is 11.5 Å². The van der Waals surface area contributed by atoms with E-state index in [1.54, 1.807) is 18.2 Å². The molecule has 3 N–H and O–H groups in total. The summed E-state index contributed by atoms with van der Waals surface area (Å²) in [6.45, 7) is 1.54. The zero-order valence-electron chi connectivity index (χ0n) is 16.3. The van der Waals surface area contributed by atoms with Crippen LogP contribution in [0.25, 0.3) is 10.8 Å². The van der Waals surface area contributed by atoms with E-state index in [4.69, 9.17) is 21.7 Å². The van der Waals surface area contributed by atoms with Gasteiger partial charge in [-0.25, -0.2) is 0 Å². The quantitative estimate of drug-likeness (QED) is 0.417. The highest BCUT2D eigenvalue weighted by molar-refractivity contribution is 7.80. The second-order valence-corrected chi connectivity index (χ2v) is 6.83. The highest BCUT2D eigenvalue weighted by atomic mass is 32.1. The molecule has 2 amide bonds. The molecule has 0 saturated carbocycles. The molecule has 7 nitrogen and oxygen atoms in total. The van der Waals surface area contributed by atoms with Crippen LogP contribution in [0.5, 0.6) is 11.5 Å². The highest BCUT2D eigenvalue weighted by Gasteiger charge is 2.08. The maximum Gasteiger partial charge on any atom is 0.276 e. The minimum atomic E-state index is -0.450. The molecule has 3 rings (SSSR count). The molecule has 154 valence electrons. The molecule has 30 heavy (non-hydrogen) atoms. The third-order valence-electron chi connectivity index (χ3n) is 4.07. The number of carbonyl (C=O) groups is 2. The van der Waals surface area contributed by atoms with Crippen molar-refractivity contribution in [2.45, 2.75) is 6.92 Å². The summed E-state index contributed by atoms with van der Waals surface area (Å²) < 4.78 is 11.0. The second kappa shape index (κ2) is 10.2. The minimum Gasteiger partial charge on any atom is -0.484 e. The number of nitrogens with one attached hydrogen (secondary N) is 3. The van der Waals surface area contributed by atoms with Gasteiger partial charge in [-0.05, 0) is 42.7 Å². The van der Waals surface area contributed by atoms with E-state index in [0.717, 1.165) is 16.3 Å². The van der Waals surface area contributed by atoms with Crippen molar-refractivity contribution in [1.82, 2.24) is 16.2 Å². The van der Waals surface area contributed by atoms with Gasteiger partial charge < -0.3 is 9.47 Å². The molecule has 0 bridgehead atoms. The van der Waals surface area contributed by atoms with Crippen LogP contribution in [-0.2, 0) is 9.59 Å². The van der Waals surface area contributed by atoms with E-state index < -0.39 is 11.8 Å². The number of hydrogen-bond acceptors (Lipinski definition) is 5. The molecule has 0 unspecified atom stereocenters. The number of thiocarbonyl (C=S) groups is 1. The highest BCUT2D eigenvalue weighted by Crippen LogP contribution is 2.24. The fourth-order valence-corrected chi connectivity index (χ4v) is 2.77. The Morgan fingerprint density at radius 1 is 0.833 bits per heavy atom. The summed E-state index contributed by atoms with van der Waals surface area (Å²) in [5.74, 6) is 0.283. The van der Waals surface area contributed by atoms with E-state index in [-0.39, 0.29) is 18.3 Å². The van der Waals surface area contributed by atoms with E-state index in [9.17, 15) is 9.59 Å². The standard InChI is InChI=1S/C22H21N3O4S/c1-15-9-11-17(12-10-15)28-13-20(26)23-22(30)25-24-21(27)14-29-19-8-4-6-16-5-2-3-7-18(16)19/h2-12H,13-14H2,1H3,(H,24,27)(H2,23,25,26,30). The Hall–Kier alpha value is -3.65. The van der Waals surface area contributed by atoms with E-state index in [1.807, 2.05) is 55.5 Å². The van der Waals surface area contributed by atoms with Gasteiger partial charge in [-0.1, -0.05) is 54.1 Å². The summed E-state index contributed by atoms with van der Waals surface area (Å²) in [7, 11) is 0. The Labute approximate surface area is 179 Å². The normalized spacial score (nSPS) is 10.2. The molecule has 0 heterocycles. The van der Waals surface area contributed by atoms with Crippen LogP contribution in [0.4, 0.5) is 0 Å². The third-order valence-corrected chi connectivity index (χ3v) is 4.27. The maximum absolute atomic E-state index is 12.0.